The zero-order chi connectivity index (χ0) is 14.8. The van der Waals surface area contributed by atoms with Crippen molar-refractivity contribution in [2.24, 2.45) is 5.41 Å². The van der Waals surface area contributed by atoms with Gasteiger partial charge in [0.05, 0.1) is 6.10 Å². The van der Waals surface area contributed by atoms with Crippen LogP contribution in [0.15, 0.2) is 6.07 Å². The first-order chi connectivity index (χ1) is 9.41. The van der Waals surface area contributed by atoms with E-state index >= 15 is 0 Å². The van der Waals surface area contributed by atoms with Crippen LogP contribution in [0, 0.1) is 5.41 Å². The van der Waals surface area contributed by atoms with E-state index in [0.717, 1.165) is 25.0 Å². The van der Waals surface area contributed by atoms with E-state index in [-0.39, 0.29) is 17.4 Å². The predicted molar refractivity (Wildman–Crippen MR) is 77.5 cm³/mol. The number of hydrogen-bond acceptors (Lipinski definition) is 3. The molecule has 0 aromatic carbocycles. The maximum absolute atomic E-state index is 12.5. The van der Waals surface area contributed by atoms with E-state index in [4.69, 9.17) is 0 Å². The van der Waals surface area contributed by atoms with E-state index in [1.807, 2.05) is 11.0 Å². The first-order valence-corrected chi connectivity index (χ1v) is 7.43. The Morgan fingerprint density at radius 3 is 3.05 bits per heavy atom. The van der Waals surface area contributed by atoms with Gasteiger partial charge in [0.15, 0.2) is 0 Å². The molecule has 1 aliphatic heterocycles. The number of likely N-dealkylation sites (tertiary alicyclic amines) is 1. The molecule has 0 aliphatic carbocycles. The van der Waals surface area contributed by atoms with Crippen molar-refractivity contribution < 1.29 is 9.90 Å². The Labute approximate surface area is 120 Å². The molecule has 0 radical (unpaired) electrons. The van der Waals surface area contributed by atoms with Gasteiger partial charge in [-0.2, -0.15) is 5.10 Å². The fourth-order valence-corrected chi connectivity index (χ4v) is 2.91. The molecule has 2 rings (SSSR count). The van der Waals surface area contributed by atoms with Crippen molar-refractivity contribution in [2.75, 3.05) is 13.1 Å². The summed E-state index contributed by atoms with van der Waals surface area (Å²) in [5, 5.41) is 17.0. The van der Waals surface area contributed by atoms with Gasteiger partial charge in [-0.1, -0.05) is 27.2 Å². The average molecular weight is 279 g/mol. The van der Waals surface area contributed by atoms with E-state index in [2.05, 4.69) is 31.0 Å². The number of aryl methyl sites for hydroxylation is 1. The topological polar surface area (TPSA) is 69.2 Å². The van der Waals surface area contributed by atoms with Crippen LogP contribution >= 0.6 is 0 Å². The molecule has 2 N–H and O–H groups in total. The molecule has 1 saturated heterocycles. The largest absolute Gasteiger partial charge is 0.393 e. The third-order valence-corrected chi connectivity index (χ3v) is 3.80. The minimum atomic E-state index is -0.322. The van der Waals surface area contributed by atoms with E-state index in [1.54, 1.807) is 0 Å². The third kappa shape index (κ3) is 3.60. The lowest BCUT2D eigenvalue weighted by atomic mass is 9.87. The van der Waals surface area contributed by atoms with Gasteiger partial charge in [0.1, 0.15) is 5.69 Å². The number of amides is 1. The van der Waals surface area contributed by atoms with E-state index in [9.17, 15) is 9.90 Å². The summed E-state index contributed by atoms with van der Waals surface area (Å²) in [7, 11) is 0. The summed E-state index contributed by atoms with van der Waals surface area (Å²) in [6.07, 6.45) is 2.99. The van der Waals surface area contributed by atoms with Crippen LogP contribution in [-0.4, -0.2) is 45.3 Å². The Morgan fingerprint density at radius 2 is 2.35 bits per heavy atom. The fourth-order valence-electron chi connectivity index (χ4n) is 2.91. The van der Waals surface area contributed by atoms with Crippen LogP contribution in [0.2, 0.25) is 0 Å². The van der Waals surface area contributed by atoms with Crippen molar-refractivity contribution in [3.63, 3.8) is 0 Å². The standard InChI is InChI=1S/C15H25N3O2/c1-4-5-11-8-13(17-16-11)14(20)18-7-6-12(19)9-15(2,3)10-18/h8,12,19H,4-7,9-10H2,1-3H3,(H,16,17). The van der Waals surface area contributed by atoms with Gasteiger partial charge in [0.2, 0.25) is 0 Å². The number of carbonyl (C=O) groups excluding carboxylic acids is 1. The number of nitrogens with zero attached hydrogens (tertiary/aromatic N) is 2. The molecule has 0 spiro atoms. The van der Waals surface area contributed by atoms with Crippen LogP contribution in [0.5, 0.6) is 0 Å². The maximum Gasteiger partial charge on any atom is 0.274 e. The summed E-state index contributed by atoms with van der Waals surface area (Å²) in [4.78, 5) is 14.3. The van der Waals surface area contributed by atoms with Gasteiger partial charge in [-0.05, 0) is 30.7 Å². The Morgan fingerprint density at radius 1 is 1.60 bits per heavy atom. The maximum atomic E-state index is 12.5. The zero-order valence-electron chi connectivity index (χ0n) is 12.6. The Bertz CT molecular complexity index is 467. The van der Waals surface area contributed by atoms with Gasteiger partial charge in [0, 0.05) is 18.8 Å². The highest BCUT2D eigenvalue weighted by molar-refractivity contribution is 5.92. The molecule has 1 atom stereocenters. The molecule has 20 heavy (non-hydrogen) atoms. The molecule has 5 heteroatoms. The number of hydrogen-bond donors (Lipinski definition) is 2. The molecule has 0 saturated carbocycles. The predicted octanol–water partition coefficient (Wildman–Crippen LogP) is 1.99. The van der Waals surface area contributed by atoms with Crippen molar-refractivity contribution in [3.05, 3.63) is 17.5 Å². The smallest absolute Gasteiger partial charge is 0.274 e. The van der Waals surface area contributed by atoms with Gasteiger partial charge in [0.25, 0.3) is 5.91 Å². The van der Waals surface area contributed by atoms with Gasteiger partial charge < -0.3 is 10.0 Å². The Balaban J connectivity index is 2.10. The summed E-state index contributed by atoms with van der Waals surface area (Å²) in [6, 6.07) is 1.85. The summed E-state index contributed by atoms with van der Waals surface area (Å²) < 4.78 is 0. The molecular formula is C15H25N3O2. The number of H-pyrrole nitrogens is 1. The molecule has 1 aromatic rings. The quantitative estimate of drug-likeness (QED) is 0.889. The molecule has 1 aromatic heterocycles. The number of aromatic nitrogens is 2. The van der Waals surface area contributed by atoms with Crippen LogP contribution in [0.3, 0.4) is 0 Å². The first kappa shape index (κ1) is 15.0. The number of aromatic amines is 1. The molecular weight excluding hydrogens is 254 g/mol. The lowest BCUT2D eigenvalue weighted by Gasteiger charge is -2.29. The van der Waals surface area contributed by atoms with Gasteiger partial charge in [-0.25, -0.2) is 0 Å². The number of aliphatic hydroxyl groups is 1. The second-order valence-corrected chi connectivity index (χ2v) is 6.57. The van der Waals surface area contributed by atoms with Crippen LogP contribution in [0.4, 0.5) is 0 Å². The number of nitrogens with one attached hydrogen (secondary N) is 1. The van der Waals surface area contributed by atoms with Gasteiger partial charge >= 0.3 is 0 Å². The van der Waals surface area contributed by atoms with E-state index < -0.39 is 0 Å². The lowest BCUT2D eigenvalue weighted by molar-refractivity contribution is 0.0699. The number of aliphatic hydroxyl groups excluding tert-OH is 1. The van der Waals surface area contributed by atoms with Gasteiger partial charge in [-0.3, -0.25) is 9.89 Å². The molecule has 112 valence electrons. The molecule has 1 fully saturated rings. The lowest BCUT2D eigenvalue weighted by Crippen LogP contribution is -2.37. The van der Waals surface area contributed by atoms with Crippen molar-refractivity contribution in [1.29, 1.82) is 0 Å². The highest BCUT2D eigenvalue weighted by Crippen LogP contribution is 2.28. The molecule has 2 heterocycles. The SMILES string of the molecule is CCCc1cc(C(=O)N2CCC(O)CC(C)(C)C2)n[nH]1. The highest BCUT2D eigenvalue weighted by atomic mass is 16.3. The zero-order valence-corrected chi connectivity index (χ0v) is 12.6. The molecule has 1 aliphatic rings. The first-order valence-electron chi connectivity index (χ1n) is 7.43. The van der Waals surface area contributed by atoms with E-state index in [0.29, 0.717) is 25.2 Å². The molecule has 1 amide bonds. The summed E-state index contributed by atoms with van der Waals surface area (Å²) >= 11 is 0. The number of carbonyl (C=O) groups is 1. The van der Waals surface area contributed by atoms with Crippen molar-refractivity contribution in [1.82, 2.24) is 15.1 Å². The average Bonchev–Trinajstić information content (AvgIpc) is 2.76. The normalized spacial score (nSPS) is 22.6. The second kappa shape index (κ2) is 5.95. The monoisotopic (exact) mass is 279 g/mol. The molecule has 1 unspecified atom stereocenters. The molecule has 0 bridgehead atoms. The molecule has 5 nitrogen and oxygen atoms in total. The minimum Gasteiger partial charge on any atom is -0.393 e. The Kier molecular flexibility index (Phi) is 4.48. The van der Waals surface area contributed by atoms with Crippen molar-refractivity contribution in [2.45, 2.75) is 52.6 Å². The fraction of sp³-hybridized carbons (Fsp3) is 0.733. The summed E-state index contributed by atoms with van der Waals surface area (Å²) in [6.45, 7) is 7.54. The van der Waals surface area contributed by atoms with Crippen LogP contribution in [0.1, 0.15) is 56.2 Å². The van der Waals surface area contributed by atoms with Crippen LogP contribution in [0.25, 0.3) is 0 Å². The summed E-state index contributed by atoms with van der Waals surface area (Å²) in [5.74, 6) is -0.0363. The van der Waals surface area contributed by atoms with Gasteiger partial charge in [-0.15, -0.1) is 0 Å². The highest BCUT2D eigenvalue weighted by Gasteiger charge is 2.32. The third-order valence-electron chi connectivity index (χ3n) is 3.80. The number of rotatable bonds is 3. The second-order valence-electron chi connectivity index (χ2n) is 6.57. The Hall–Kier alpha value is -1.36. The van der Waals surface area contributed by atoms with Crippen LogP contribution < -0.4 is 0 Å². The van der Waals surface area contributed by atoms with E-state index in [1.165, 1.54) is 0 Å². The van der Waals surface area contributed by atoms with Crippen molar-refractivity contribution >= 4 is 5.91 Å². The summed E-state index contributed by atoms with van der Waals surface area (Å²) in [5.41, 5.74) is 1.43. The van der Waals surface area contributed by atoms with Crippen molar-refractivity contribution in [3.8, 4) is 0 Å². The van der Waals surface area contributed by atoms with Crippen LogP contribution in [-0.2, 0) is 6.42 Å². The minimum absolute atomic E-state index is 0.0363.